The average molecular weight is 443 g/mol. The zero-order valence-corrected chi connectivity index (χ0v) is 20.3. The molecule has 3 unspecified atom stereocenters. The van der Waals surface area contributed by atoms with Crippen LogP contribution in [0.5, 0.6) is 0 Å². The van der Waals surface area contributed by atoms with Gasteiger partial charge >= 0.3 is 5.97 Å². The van der Waals surface area contributed by atoms with E-state index in [9.17, 15) is 24.9 Å². The van der Waals surface area contributed by atoms with E-state index < -0.39 is 29.9 Å². The van der Waals surface area contributed by atoms with Gasteiger partial charge in [0.2, 0.25) is 0 Å². The van der Waals surface area contributed by atoms with Crippen LogP contribution in [0.2, 0.25) is 0 Å². The molecule has 5 heteroatoms. The number of aliphatic hydroxyl groups is 2. The molecule has 0 aromatic heterocycles. The fourth-order valence-corrected chi connectivity index (χ4v) is 4.15. The molecule has 0 fully saturated rings. The average Bonchev–Trinajstić information content (AvgIpc) is 2.71. The Hall–Kier alpha value is -0.940. The number of unbranched alkanes of at least 4 members (excludes halogenated alkanes) is 14. The second kappa shape index (κ2) is 20.9. The lowest BCUT2D eigenvalue weighted by Gasteiger charge is -2.19. The van der Waals surface area contributed by atoms with Gasteiger partial charge in [-0.05, 0) is 12.8 Å². The zero-order valence-electron chi connectivity index (χ0n) is 20.3. The molecule has 0 aliphatic heterocycles. The maximum Gasteiger partial charge on any atom is 0.316 e. The second-order valence-corrected chi connectivity index (χ2v) is 9.23. The van der Waals surface area contributed by atoms with E-state index in [1.54, 1.807) is 0 Å². The van der Waals surface area contributed by atoms with Crippen molar-refractivity contribution in [2.24, 2.45) is 5.92 Å². The summed E-state index contributed by atoms with van der Waals surface area (Å²) in [6.07, 6.45) is 16.9. The first-order valence-electron chi connectivity index (χ1n) is 13.1. The highest BCUT2D eigenvalue weighted by Gasteiger charge is 2.33. The van der Waals surface area contributed by atoms with Crippen LogP contribution in [0, 0.1) is 5.92 Å². The van der Waals surface area contributed by atoms with Crippen LogP contribution in [0.3, 0.4) is 0 Å². The molecule has 0 bridgehead atoms. The molecule has 3 N–H and O–H groups in total. The first-order valence-corrected chi connectivity index (χ1v) is 13.1. The van der Waals surface area contributed by atoms with Crippen LogP contribution >= 0.6 is 0 Å². The van der Waals surface area contributed by atoms with Crippen molar-refractivity contribution >= 4 is 11.8 Å². The first-order chi connectivity index (χ1) is 14.9. The molecule has 184 valence electrons. The largest absolute Gasteiger partial charge is 0.481 e. The van der Waals surface area contributed by atoms with Crippen molar-refractivity contribution in [3.05, 3.63) is 0 Å². The highest BCUT2D eigenvalue weighted by Crippen LogP contribution is 2.19. The summed E-state index contributed by atoms with van der Waals surface area (Å²) in [5.74, 6) is -3.25. The van der Waals surface area contributed by atoms with Crippen LogP contribution < -0.4 is 0 Å². The van der Waals surface area contributed by atoms with Crippen LogP contribution in [-0.4, -0.2) is 39.3 Å². The Balaban J connectivity index is 4.01. The predicted molar refractivity (Wildman–Crippen MR) is 127 cm³/mol. The Labute approximate surface area is 191 Å². The molecule has 0 aromatic carbocycles. The summed E-state index contributed by atoms with van der Waals surface area (Å²) >= 11 is 0. The molecule has 0 aromatic rings. The molecule has 0 saturated carbocycles. The number of rotatable bonds is 23. The minimum atomic E-state index is -1.42. The van der Waals surface area contributed by atoms with Gasteiger partial charge in [-0.3, -0.25) is 9.59 Å². The van der Waals surface area contributed by atoms with Gasteiger partial charge in [0.05, 0.1) is 12.2 Å². The third-order valence-electron chi connectivity index (χ3n) is 6.18. The number of aliphatic hydroxyl groups excluding tert-OH is 2. The number of hydrogen-bond donors (Lipinski definition) is 3. The summed E-state index contributed by atoms with van der Waals surface area (Å²) < 4.78 is 0. The molecule has 31 heavy (non-hydrogen) atoms. The summed E-state index contributed by atoms with van der Waals surface area (Å²) in [5, 5.41) is 29.8. The predicted octanol–water partition coefficient (Wildman–Crippen LogP) is 6.43. The van der Waals surface area contributed by atoms with E-state index in [2.05, 4.69) is 13.8 Å². The van der Waals surface area contributed by atoms with Crippen molar-refractivity contribution in [2.75, 3.05) is 0 Å². The van der Waals surface area contributed by atoms with Crippen LogP contribution in [0.15, 0.2) is 0 Å². The Morgan fingerprint density at radius 2 is 1.00 bits per heavy atom. The summed E-state index contributed by atoms with van der Waals surface area (Å²) in [6, 6.07) is 0. The molecule has 0 saturated heterocycles. The lowest BCUT2D eigenvalue weighted by molar-refractivity contribution is -0.151. The molecule has 0 heterocycles. The molecule has 0 radical (unpaired) electrons. The van der Waals surface area contributed by atoms with Gasteiger partial charge < -0.3 is 15.3 Å². The number of Topliss-reactive ketones (excluding diaryl/α,β-unsaturated/α-hetero) is 1. The number of hydrogen-bond acceptors (Lipinski definition) is 4. The van der Waals surface area contributed by atoms with Gasteiger partial charge in [-0.2, -0.15) is 0 Å². The van der Waals surface area contributed by atoms with E-state index in [0.29, 0.717) is 12.8 Å². The van der Waals surface area contributed by atoms with Crippen LogP contribution in [0.25, 0.3) is 0 Å². The minimum Gasteiger partial charge on any atom is -0.481 e. The van der Waals surface area contributed by atoms with Crippen LogP contribution in [0.4, 0.5) is 0 Å². The van der Waals surface area contributed by atoms with Gasteiger partial charge in [0.15, 0.2) is 5.78 Å². The minimum absolute atomic E-state index is 0.179. The van der Waals surface area contributed by atoms with Gasteiger partial charge in [-0.25, -0.2) is 0 Å². The number of aliphatic carboxylic acids is 1. The third-order valence-corrected chi connectivity index (χ3v) is 6.18. The molecule has 0 rings (SSSR count). The number of carboxylic acid groups (broad SMARTS) is 1. The standard InChI is InChI=1S/C26H50O5/c1-3-5-7-9-11-12-14-15-17-19-22(27)21-24(29)25(26(30)31)23(28)20-18-16-13-10-8-6-4-2/h22-23,25,27-28H,3-21H2,1-2H3,(H,30,31). The first kappa shape index (κ1) is 30.1. The monoisotopic (exact) mass is 442 g/mol. The highest BCUT2D eigenvalue weighted by atomic mass is 16.4. The molecule has 0 aliphatic rings. The molecule has 0 aliphatic carbocycles. The Bertz CT molecular complexity index is 438. The lowest BCUT2D eigenvalue weighted by atomic mass is 9.89. The van der Waals surface area contributed by atoms with Crippen molar-refractivity contribution in [3.63, 3.8) is 0 Å². The second-order valence-electron chi connectivity index (χ2n) is 9.23. The van der Waals surface area contributed by atoms with E-state index >= 15 is 0 Å². The third kappa shape index (κ3) is 17.3. The molecular weight excluding hydrogens is 392 g/mol. The van der Waals surface area contributed by atoms with Crippen molar-refractivity contribution in [1.29, 1.82) is 0 Å². The SMILES string of the molecule is CCCCCCCCCCCC(O)CC(=O)C(C(=O)O)C(O)CCCCCCCCC. The fraction of sp³-hybridized carbons (Fsp3) is 0.923. The van der Waals surface area contributed by atoms with E-state index in [1.807, 2.05) is 0 Å². The highest BCUT2D eigenvalue weighted by molar-refractivity contribution is 5.99. The van der Waals surface area contributed by atoms with E-state index in [-0.39, 0.29) is 6.42 Å². The summed E-state index contributed by atoms with van der Waals surface area (Å²) in [5.41, 5.74) is 0. The van der Waals surface area contributed by atoms with E-state index in [0.717, 1.165) is 44.9 Å². The molecule has 3 atom stereocenters. The maximum absolute atomic E-state index is 12.4. The molecule has 0 amide bonds. The van der Waals surface area contributed by atoms with Gasteiger partial charge in [0.25, 0.3) is 0 Å². The summed E-state index contributed by atoms with van der Waals surface area (Å²) in [4.78, 5) is 23.9. The van der Waals surface area contributed by atoms with Crippen molar-refractivity contribution in [1.82, 2.24) is 0 Å². The maximum atomic E-state index is 12.4. The number of carboxylic acids is 1. The lowest BCUT2D eigenvalue weighted by Crippen LogP contribution is -2.36. The quantitative estimate of drug-likeness (QED) is 0.125. The van der Waals surface area contributed by atoms with Crippen LogP contribution in [0.1, 0.15) is 136 Å². The van der Waals surface area contributed by atoms with Gasteiger partial charge in [-0.1, -0.05) is 117 Å². The summed E-state index contributed by atoms with van der Waals surface area (Å²) in [7, 11) is 0. The Morgan fingerprint density at radius 3 is 1.42 bits per heavy atom. The van der Waals surface area contributed by atoms with Gasteiger partial charge in [0.1, 0.15) is 5.92 Å². The van der Waals surface area contributed by atoms with Crippen molar-refractivity contribution in [3.8, 4) is 0 Å². The Kier molecular flexibility index (Phi) is 20.3. The Morgan fingerprint density at radius 1 is 0.613 bits per heavy atom. The van der Waals surface area contributed by atoms with E-state index in [4.69, 9.17) is 0 Å². The van der Waals surface area contributed by atoms with Crippen molar-refractivity contribution in [2.45, 2.75) is 148 Å². The van der Waals surface area contributed by atoms with E-state index in [1.165, 1.54) is 57.8 Å². The number of carbonyl (C=O) groups is 2. The topological polar surface area (TPSA) is 94.8 Å². The normalized spacial score (nSPS) is 14.3. The van der Waals surface area contributed by atoms with Crippen LogP contribution in [-0.2, 0) is 9.59 Å². The molecule has 0 spiro atoms. The molecular formula is C26H50O5. The molecule has 5 nitrogen and oxygen atoms in total. The van der Waals surface area contributed by atoms with Gasteiger partial charge in [-0.15, -0.1) is 0 Å². The number of ketones is 1. The summed E-state index contributed by atoms with van der Waals surface area (Å²) in [6.45, 7) is 4.39. The fourth-order valence-electron chi connectivity index (χ4n) is 4.15. The smallest absolute Gasteiger partial charge is 0.316 e. The number of carbonyl (C=O) groups excluding carboxylic acids is 1. The zero-order chi connectivity index (χ0) is 23.3. The van der Waals surface area contributed by atoms with Crippen molar-refractivity contribution < 1.29 is 24.9 Å². The van der Waals surface area contributed by atoms with Gasteiger partial charge in [0, 0.05) is 6.42 Å².